The number of aryl methyl sites for hydroxylation is 1. The fourth-order valence-corrected chi connectivity index (χ4v) is 5.15. The number of anilines is 1. The van der Waals surface area contributed by atoms with Crippen LogP contribution in [0.3, 0.4) is 0 Å². The largest absolute Gasteiger partial charge is 0.494 e. The lowest BCUT2D eigenvalue weighted by Crippen LogP contribution is -2.27. The van der Waals surface area contributed by atoms with Crippen LogP contribution in [0.4, 0.5) is 5.69 Å². The third kappa shape index (κ3) is 4.07. The van der Waals surface area contributed by atoms with Crippen LogP contribution in [0.15, 0.2) is 30.3 Å². The maximum atomic E-state index is 12.7. The molecule has 2 aliphatic rings. The Morgan fingerprint density at radius 2 is 1.96 bits per heavy atom. The molecular weight excluding hydrogens is 372 g/mol. The van der Waals surface area contributed by atoms with Gasteiger partial charge in [-0.3, -0.25) is 9.59 Å². The van der Waals surface area contributed by atoms with E-state index in [1.54, 1.807) is 11.3 Å². The minimum absolute atomic E-state index is 0.0495. The predicted octanol–water partition coefficient (Wildman–Crippen LogP) is 4.13. The SMILES string of the molecule is CCOc1ccc(NC(=O)C2CCc3sc(C(=O)N4CCCC4)cc3C2)cc1. The molecule has 1 unspecified atom stereocenters. The number of nitrogens with one attached hydrogen (secondary N) is 1. The number of fused-ring (bicyclic) bond motifs is 1. The molecule has 0 radical (unpaired) electrons. The van der Waals surface area contributed by atoms with Crippen molar-refractivity contribution >= 4 is 28.8 Å². The molecule has 148 valence electrons. The Kier molecular flexibility index (Phi) is 5.67. The van der Waals surface area contributed by atoms with Gasteiger partial charge >= 0.3 is 0 Å². The number of thiophene rings is 1. The quantitative estimate of drug-likeness (QED) is 0.824. The summed E-state index contributed by atoms with van der Waals surface area (Å²) in [6.07, 6.45) is 4.61. The molecule has 1 aromatic heterocycles. The summed E-state index contributed by atoms with van der Waals surface area (Å²) in [5.74, 6) is 0.959. The van der Waals surface area contributed by atoms with Crippen LogP contribution in [-0.2, 0) is 17.6 Å². The lowest BCUT2D eigenvalue weighted by atomic mass is 9.87. The number of likely N-dealkylation sites (tertiary alicyclic amines) is 1. The van der Waals surface area contributed by atoms with E-state index in [0.717, 1.165) is 55.1 Å². The number of amides is 2. The van der Waals surface area contributed by atoms with Gasteiger partial charge in [0.25, 0.3) is 5.91 Å². The molecule has 2 heterocycles. The molecule has 0 saturated carbocycles. The topological polar surface area (TPSA) is 58.6 Å². The number of carbonyl (C=O) groups is 2. The van der Waals surface area contributed by atoms with Crippen molar-refractivity contribution < 1.29 is 14.3 Å². The fourth-order valence-electron chi connectivity index (χ4n) is 3.97. The number of nitrogens with zero attached hydrogens (tertiary/aromatic N) is 1. The monoisotopic (exact) mass is 398 g/mol. The molecule has 1 atom stereocenters. The Labute approximate surface area is 169 Å². The van der Waals surface area contributed by atoms with Crippen LogP contribution in [0.2, 0.25) is 0 Å². The smallest absolute Gasteiger partial charge is 0.263 e. The maximum absolute atomic E-state index is 12.7. The van der Waals surface area contributed by atoms with Crippen molar-refractivity contribution in [2.75, 3.05) is 25.0 Å². The maximum Gasteiger partial charge on any atom is 0.263 e. The minimum Gasteiger partial charge on any atom is -0.494 e. The molecule has 1 aromatic carbocycles. The van der Waals surface area contributed by atoms with E-state index in [-0.39, 0.29) is 17.7 Å². The van der Waals surface area contributed by atoms with Crippen LogP contribution in [0, 0.1) is 5.92 Å². The molecular formula is C22H26N2O3S. The van der Waals surface area contributed by atoms with Gasteiger partial charge in [-0.25, -0.2) is 0 Å². The molecule has 0 spiro atoms. The summed E-state index contributed by atoms with van der Waals surface area (Å²) >= 11 is 1.62. The average molecular weight is 399 g/mol. The van der Waals surface area contributed by atoms with E-state index < -0.39 is 0 Å². The number of hydrogen-bond acceptors (Lipinski definition) is 4. The van der Waals surface area contributed by atoms with Gasteiger partial charge in [0.2, 0.25) is 5.91 Å². The first-order valence-electron chi connectivity index (χ1n) is 10.1. The van der Waals surface area contributed by atoms with Gasteiger partial charge < -0.3 is 15.0 Å². The van der Waals surface area contributed by atoms with Crippen LogP contribution < -0.4 is 10.1 Å². The summed E-state index contributed by atoms with van der Waals surface area (Å²) in [7, 11) is 0. The molecule has 2 amide bonds. The van der Waals surface area contributed by atoms with E-state index in [1.807, 2.05) is 42.2 Å². The number of carbonyl (C=O) groups excluding carboxylic acids is 2. The van der Waals surface area contributed by atoms with Gasteiger partial charge in [-0.05, 0) is 74.9 Å². The molecule has 6 heteroatoms. The highest BCUT2D eigenvalue weighted by molar-refractivity contribution is 7.14. The molecule has 5 nitrogen and oxygen atoms in total. The van der Waals surface area contributed by atoms with E-state index in [1.165, 1.54) is 10.4 Å². The molecule has 2 aromatic rings. The zero-order valence-electron chi connectivity index (χ0n) is 16.2. The van der Waals surface area contributed by atoms with Crippen molar-refractivity contribution in [1.82, 2.24) is 4.90 Å². The van der Waals surface area contributed by atoms with E-state index >= 15 is 0 Å². The molecule has 4 rings (SSSR count). The first kappa shape index (κ1) is 19.0. The number of hydrogen-bond donors (Lipinski definition) is 1. The molecule has 1 saturated heterocycles. The second-order valence-electron chi connectivity index (χ2n) is 7.44. The van der Waals surface area contributed by atoms with Crippen molar-refractivity contribution in [2.45, 2.75) is 39.0 Å². The molecule has 1 fully saturated rings. The van der Waals surface area contributed by atoms with Gasteiger partial charge in [0.15, 0.2) is 0 Å². The van der Waals surface area contributed by atoms with Gasteiger partial charge in [-0.15, -0.1) is 11.3 Å². The highest BCUT2D eigenvalue weighted by Crippen LogP contribution is 2.34. The second-order valence-corrected chi connectivity index (χ2v) is 8.58. The zero-order chi connectivity index (χ0) is 19.5. The second kappa shape index (κ2) is 8.35. The van der Waals surface area contributed by atoms with E-state index in [2.05, 4.69) is 5.32 Å². The number of ether oxygens (including phenoxy) is 1. The summed E-state index contributed by atoms with van der Waals surface area (Å²) in [5.41, 5.74) is 1.96. The normalized spacial score (nSPS) is 18.6. The standard InChI is InChI=1S/C22H26N2O3S/c1-2-27-18-8-6-17(7-9-18)23-21(25)15-5-10-19-16(13-15)14-20(28-19)22(26)24-11-3-4-12-24/h6-9,14-15H,2-5,10-13H2,1H3,(H,23,25). The van der Waals surface area contributed by atoms with E-state index in [4.69, 9.17) is 4.74 Å². The first-order valence-corrected chi connectivity index (χ1v) is 10.9. The summed E-state index contributed by atoms with van der Waals surface area (Å²) in [6, 6.07) is 9.50. The van der Waals surface area contributed by atoms with Crippen LogP contribution in [0.25, 0.3) is 0 Å². The van der Waals surface area contributed by atoms with Crippen LogP contribution in [0.1, 0.15) is 46.3 Å². The molecule has 1 aliphatic carbocycles. The van der Waals surface area contributed by atoms with Gasteiger partial charge in [0.05, 0.1) is 11.5 Å². The lowest BCUT2D eigenvalue weighted by Gasteiger charge is -2.21. The van der Waals surface area contributed by atoms with Gasteiger partial charge in [-0.1, -0.05) is 0 Å². The molecule has 1 aliphatic heterocycles. The Morgan fingerprint density at radius 3 is 2.68 bits per heavy atom. The first-order chi connectivity index (χ1) is 13.6. The van der Waals surface area contributed by atoms with E-state index in [0.29, 0.717) is 13.0 Å². The van der Waals surface area contributed by atoms with Crippen molar-refractivity contribution in [2.24, 2.45) is 5.92 Å². The van der Waals surface area contributed by atoms with Crippen LogP contribution >= 0.6 is 11.3 Å². The summed E-state index contributed by atoms with van der Waals surface area (Å²) in [5, 5.41) is 3.02. The van der Waals surface area contributed by atoms with Crippen molar-refractivity contribution in [1.29, 1.82) is 0 Å². The molecule has 1 N–H and O–H groups in total. The molecule has 28 heavy (non-hydrogen) atoms. The number of benzene rings is 1. The van der Waals surface area contributed by atoms with Crippen LogP contribution in [0.5, 0.6) is 5.75 Å². The van der Waals surface area contributed by atoms with Crippen molar-refractivity contribution in [3.63, 3.8) is 0 Å². The van der Waals surface area contributed by atoms with Crippen molar-refractivity contribution in [3.05, 3.63) is 45.6 Å². The summed E-state index contributed by atoms with van der Waals surface area (Å²) in [4.78, 5) is 29.4. The zero-order valence-corrected chi connectivity index (χ0v) is 17.0. The summed E-state index contributed by atoms with van der Waals surface area (Å²) < 4.78 is 5.44. The Morgan fingerprint density at radius 1 is 1.21 bits per heavy atom. The predicted molar refractivity (Wildman–Crippen MR) is 111 cm³/mol. The highest BCUT2D eigenvalue weighted by atomic mass is 32.1. The Balaban J connectivity index is 1.39. The number of rotatable bonds is 5. The Bertz CT molecular complexity index is 853. The average Bonchev–Trinajstić information content (AvgIpc) is 3.38. The third-order valence-corrected chi connectivity index (χ3v) is 6.72. The van der Waals surface area contributed by atoms with Gasteiger partial charge in [0.1, 0.15) is 5.75 Å². The van der Waals surface area contributed by atoms with Gasteiger partial charge in [-0.2, -0.15) is 0 Å². The third-order valence-electron chi connectivity index (χ3n) is 5.49. The van der Waals surface area contributed by atoms with Crippen LogP contribution in [-0.4, -0.2) is 36.4 Å². The molecule has 0 bridgehead atoms. The van der Waals surface area contributed by atoms with E-state index in [9.17, 15) is 9.59 Å². The van der Waals surface area contributed by atoms with Gasteiger partial charge in [0, 0.05) is 29.6 Å². The lowest BCUT2D eigenvalue weighted by molar-refractivity contribution is -0.120. The fraction of sp³-hybridized carbons (Fsp3) is 0.455. The van der Waals surface area contributed by atoms with Crippen molar-refractivity contribution in [3.8, 4) is 5.75 Å². The highest BCUT2D eigenvalue weighted by Gasteiger charge is 2.29. The minimum atomic E-state index is -0.0524. The Hall–Kier alpha value is -2.34. The summed E-state index contributed by atoms with van der Waals surface area (Å²) in [6.45, 7) is 4.31.